The van der Waals surface area contributed by atoms with E-state index in [0.717, 1.165) is 38.5 Å². The predicted molar refractivity (Wildman–Crippen MR) is 71.1 cm³/mol. The summed E-state index contributed by atoms with van der Waals surface area (Å²) in [6.45, 7) is 4.52. The minimum atomic E-state index is -0.0853. The molecular weight excluding hydrogens is 224 g/mol. The average molecular weight is 250 g/mol. The summed E-state index contributed by atoms with van der Waals surface area (Å²) in [6.07, 6.45) is 7.53. The molecule has 0 spiro atoms. The second-order valence-corrected chi connectivity index (χ2v) is 7.30. The summed E-state index contributed by atoms with van der Waals surface area (Å²) in [4.78, 5) is 12.4. The van der Waals surface area contributed by atoms with Gasteiger partial charge in [-0.3, -0.25) is 4.79 Å². The number of hydrogen-bond acceptors (Lipinski definition) is 2. The minimum Gasteiger partial charge on any atom is -0.393 e. The third-order valence-electron chi connectivity index (χ3n) is 6.43. The number of Topliss-reactive ketones (excluding diaryl/α,β-unsaturated/α-hetero) is 1. The molecule has 0 aromatic carbocycles. The first-order valence-electron chi connectivity index (χ1n) is 7.74. The summed E-state index contributed by atoms with van der Waals surface area (Å²) in [6, 6.07) is 0. The summed E-state index contributed by atoms with van der Waals surface area (Å²) in [5, 5.41) is 9.89. The van der Waals surface area contributed by atoms with Crippen molar-refractivity contribution >= 4 is 5.78 Å². The van der Waals surface area contributed by atoms with Crippen LogP contribution in [0, 0.1) is 29.1 Å². The van der Waals surface area contributed by atoms with Crippen molar-refractivity contribution in [2.45, 2.75) is 64.9 Å². The minimum absolute atomic E-state index is 0.0853. The molecule has 1 N–H and O–H groups in total. The molecule has 3 aliphatic carbocycles. The molecule has 0 heterocycles. The highest BCUT2D eigenvalue weighted by atomic mass is 16.3. The highest BCUT2D eigenvalue weighted by Gasteiger charge is 2.53. The molecule has 0 aromatic rings. The Morgan fingerprint density at radius 1 is 1.17 bits per heavy atom. The van der Waals surface area contributed by atoms with Crippen LogP contribution in [0.15, 0.2) is 0 Å². The van der Waals surface area contributed by atoms with Crippen LogP contribution in [0.1, 0.15) is 58.8 Å². The molecule has 0 radical (unpaired) electrons. The SMILES string of the molecule is CC1CCC2C(CCC3CC(O)CCC32C)C1=O. The largest absolute Gasteiger partial charge is 0.393 e. The smallest absolute Gasteiger partial charge is 0.139 e. The van der Waals surface area contributed by atoms with Crippen molar-refractivity contribution in [2.75, 3.05) is 0 Å². The van der Waals surface area contributed by atoms with Gasteiger partial charge in [-0.15, -0.1) is 0 Å². The first-order valence-corrected chi connectivity index (χ1v) is 7.74. The summed E-state index contributed by atoms with van der Waals surface area (Å²) in [7, 11) is 0. The lowest BCUT2D eigenvalue weighted by atomic mass is 9.48. The van der Waals surface area contributed by atoms with E-state index in [1.54, 1.807) is 0 Å². The van der Waals surface area contributed by atoms with Gasteiger partial charge in [0.25, 0.3) is 0 Å². The molecule has 6 unspecified atom stereocenters. The first kappa shape index (κ1) is 12.7. The zero-order valence-corrected chi connectivity index (χ0v) is 11.7. The fraction of sp³-hybridized carbons (Fsp3) is 0.938. The van der Waals surface area contributed by atoms with Gasteiger partial charge in [0, 0.05) is 11.8 Å². The van der Waals surface area contributed by atoms with Crippen LogP contribution < -0.4 is 0 Å². The number of ketones is 1. The topological polar surface area (TPSA) is 37.3 Å². The molecule has 3 fully saturated rings. The fourth-order valence-electron chi connectivity index (χ4n) is 5.18. The molecule has 0 bridgehead atoms. The molecule has 0 amide bonds. The lowest BCUT2D eigenvalue weighted by Crippen LogP contribution is -2.52. The molecule has 3 rings (SSSR count). The van der Waals surface area contributed by atoms with Crippen LogP contribution in [0.4, 0.5) is 0 Å². The highest BCUT2D eigenvalue weighted by molar-refractivity contribution is 5.84. The quantitative estimate of drug-likeness (QED) is 0.717. The summed E-state index contributed by atoms with van der Waals surface area (Å²) < 4.78 is 0. The number of aliphatic hydroxyl groups is 1. The molecule has 2 nitrogen and oxygen atoms in total. The number of hydrogen-bond donors (Lipinski definition) is 1. The maximum atomic E-state index is 12.4. The highest BCUT2D eigenvalue weighted by Crippen LogP contribution is 2.58. The maximum absolute atomic E-state index is 12.4. The van der Waals surface area contributed by atoms with Gasteiger partial charge in [0.05, 0.1) is 6.10 Å². The molecule has 0 aromatic heterocycles. The van der Waals surface area contributed by atoms with E-state index in [1.165, 1.54) is 6.42 Å². The third-order valence-corrected chi connectivity index (χ3v) is 6.43. The van der Waals surface area contributed by atoms with E-state index in [1.807, 2.05) is 0 Å². The van der Waals surface area contributed by atoms with Gasteiger partial charge in [0.1, 0.15) is 5.78 Å². The second-order valence-electron chi connectivity index (χ2n) is 7.30. The van der Waals surface area contributed by atoms with Crippen molar-refractivity contribution in [3.8, 4) is 0 Å². The van der Waals surface area contributed by atoms with E-state index in [4.69, 9.17) is 0 Å². The number of carbonyl (C=O) groups excluding carboxylic acids is 1. The summed E-state index contributed by atoms with van der Waals surface area (Å²) in [5.41, 5.74) is 0.331. The Morgan fingerprint density at radius 3 is 2.72 bits per heavy atom. The van der Waals surface area contributed by atoms with E-state index in [-0.39, 0.29) is 6.10 Å². The van der Waals surface area contributed by atoms with Gasteiger partial charge >= 0.3 is 0 Å². The standard InChI is InChI=1S/C16H26O2/c1-10-3-6-14-13(15(10)18)5-4-11-9-12(17)7-8-16(11,14)2/h10-14,17H,3-9H2,1-2H3. The van der Waals surface area contributed by atoms with Crippen molar-refractivity contribution in [3.05, 3.63) is 0 Å². The third kappa shape index (κ3) is 1.76. The number of fused-ring (bicyclic) bond motifs is 3. The Hall–Kier alpha value is -0.370. The van der Waals surface area contributed by atoms with Gasteiger partial charge in [-0.05, 0) is 62.2 Å². The van der Waals surface area contributed by atoms with E-state index in [0.29, 0.717) is 34.9 Å². The van der Waals surface area contributed by atoms with Gasteiger partial charge in [-0.1, -0.05) is 13.8 Å². The van der Waals surface area contributed by atoms with Crippen molar-refractivity contribution in [1.29, 1.82) is 0 Å². The Morgan fingerprint density at radius 2 is 1.94 bits per heavy atom. The van der Waals surface area contributed by atoms with Crippen LogP contribution in [0.5, 0.6) is 0 Å². The van der Waals surface area contributed by atoms with E-state index in [9.17, 15) is 9.90 Å². The number of rotatable bonds is 0. The zero-order chi connectivity index (χ0) is 12.9. The molecule has 0 saturated heterocycles. The Balaban J connectivity index is 1.86. The maximum Gasteiger partial charge on any atom is 0.139 e. The van der Waals surface area contributed by atoms with Gasteiger partial charge in [-0.2, -0.15) is 0 Å². The Kier molecular flexibility index (Phi) is 3.04. The molecule has 18 heavy (non-hydrogen) atoms. The van der Waals surface area contributed by atoms with Crippen molar-refractivity contribution < 1.29 is 9.90 Å². The van der Waals surface area contributed by atoms with Gasteiger partial charge in [0.15, 0.2) is 0 Å². The Bertz CT molecular complexity index is 351. The van der Waals surface area contributed by atoms with Crippen LogP contribution in [0.25, 0.3) is 0 Å². The Labute approximate surface area is 110 Å². The van der Waals surface area contributed by atoms with Gasteiger partial charge in [-0.25, -0.2) is 0 Å². The lowest BCUT2D eigenvalue weighted by Gasteiger charge is -2.56. The van der Waals surface area contributed by atoms with Crippen LogP contribution in [-0.4, -0.2) is 17.0 Å². The van der Waals surface area contributed by atoms with E-state index >= 15 is 0 Å². The van der Waals surface area contributed by atoms with Crippen LogP contribution in [-0.2, 0) is 4.79 Å². The average Bonchev–Trinajstić information content (AvgIpc) is 2.34. The molecule has 2 heteroatoms. The normalized spacial score (nSPS) is 52.6. The van der Waals surface area contributed by atoms with Crippen LogP contribution in [0.2, 0.25) is 0 Å². The fourth-order valence-corrected chi connectivity index (χ4v) is 5.18. The second kappa shape index (κ2) is 4.33. The zero-order valence-electron chi connectivity index (χ0n) is 11.7. The molecule has 6 atom stereocenters. The predicted octanol–water partition coefficient (Wildman–Crippen LogP) is 3.18. The van der Waals surface area contributed by atoms with Crippen LogP contribution >= 0.6 is 0 Å². The molecule has 0 aliphatic heterocycles. The van der Waals surface area contributed by atoms with E-state index in [2.05, 4.69) is 13.8 Å². The monoisotopic (exact) mass is 250 g/mol. The van der Waals surface area contributed by atoms with Gasteiger partial charge in [0.2, 0.25) is 0 Å². The molecule has 102 valence electrons. The molecule has 3 saturated carbocycles. The number of aliphatic hydroxyl groups excluding tert-OH is 1. The van der Waals surface area contributed by atoms with Crippen molar-refractivity contribution in [2.24, 2.45) is 29.1 Å². The number of carbonyl (C=O) groups is 1. The van der Waals surface area contributed by atoms with Crippen molar-refractivity contribution in [3.63, 3.8) is 0 Å². The lowest BCUT2D eigenvalue weighted by molar-refractivity contribution is -0.144. The molecular formula is C16H26O2. The van der Waals surface area contributed by atoms with Crippen molar-refractivity contribution in [1.82, 2.24) is 0 Å². The first-order chi connectivity index (χ1) is 8.52. The van der Waals surface area contributed by atoms with Gasteiger partial charge < -0.3 is 5.11 Å². The van der Waals surface area contributed by atoms with E-state index < -0.39 is 0 Å². The molecule has 3 aliphatic rings. The summed E-state index contributed by atoms with van der Waals surface area (Å²) in [5.74, 6) is 2.43. The summed E-state index contributed by atoms with van der Waals surface area (Å²) >= 11 is 0. The van der Waals surface area contributed by atoms with Crippen LogP contribution in [0.3, 0.4) is 0 Å².